The Morgan fingerprint density at radius 3 is 2.79 bits per heavy atom. The quantitative estimate of drug-likeness (QED) is 0.376. The zero-order valence-electron chi connectivity index (χ0n) is 16.6. The van der Waals surface area contributed by atoms with Gasteiger partial charge in [0.25, 0.3) is 0 Å². The number of amides is 2. The van der Waals surface area contributed by atoms with Crippen LogP contribution in [0.5, 0.6) is 0 Å². The fraction of sp³-hybridized carbons (Fsp3) is 0.650. The van der Waals surface area contributed by atoms with Gasteiger partial charge in [0.2, 0.25) is 11.8 Å². The van der Waals surface area contributed by atoms with Crippen LogP contribution in [-0.4, -0.2) is 69.4 Å². The van der Waals surface area contributed by atoms with Crippen LogP contribution in [0.1, 0.15) is 33.1 Å². The number of aliphatic carboxylic acids is 1. The van der Waals surface area contributed by atoms with E-state index in [9.17, 15) is 24.6 Å². The first-order valence-corrected chi connectivity index (χ1v) is 11.0. The van der Waals surface area contributed by atoms with Gasteiger partial charge in [-0.05, 0) is 26.2 Å². The van der Waals surface area contributed by atoms with Crippen LogP contribution in [0.25, 0.3) is 0 Å². The standard InChI is InChI=1S/C20H27N3O5S/c1-9-15-14(10(2)24)19(26)23(15)16(20(27)28)17(9)29-13-7-12(22-8-13)6-11-4-3-5-21-18(11)25/h6,9-10,12-15,22,24H,3-5,7-8H2,1-2H3,(H,21,25)(H,27,28)/t9-,10-,12-,13+,14-,15-/m1/s1. The van der Waals surface area contributed by atoms with Crippen molar-refractivity contribution < 1.29 is 24.6 Å². The third-order valence-electron chi connectivity index (χ3n) is 6.33. The highest BCUT2D eigenvalue weighted by Crippen LogP contribution is 2.51. The van der Waals surface area contributed by atoms with Crippen molar-refractivity contribution in [3.05, 3.63) is 22.3 Å². The molecule has 0 radical (unpaired) electrons. The highest BCUT2D eigenvalue weighted by atomic mass is 32.2. The van der Waals surface area contributed by atoms with Gasteiger partial charge in [-0.3, -0.25) is 9.59 Å². The summed E-state index contributed by atoms with van der Waals surface area (Å²) >= 11 is 1.52. The molecule has 0 aliphatic carbocycles. The summed E-state index contributed by atoms with van der Waals surface area (Å²) in [7, 11) is 0. The van der Waals surface area contributed by atoms with Gasteiger partial charge < -0.3 is 25.7 Å². The molecular weight excluding hydrogens is 394 g/mol. The van der Waals surface area contributed by atoms with Crippen LogP contribution in [-0.2, 0) is 14.4 Å². The monoisotopic (exact) mass is 421 g/mol. The van der Waals surface area contributed by atoms with Crippen LogP contribution in [0.2, 0.25) is 0 Å². The highest BCUT2D eigenvalue weighted by molar-refractivity contribution is 8.03. The molecule has 0 aromatic carbocycles. The Balaban J connectivity index is 1.48. The van der Waals surface area contributed by atoms with E-state index >= 15 is 0 Å². The molecule has 0 aromatic rings. The van der Waals surface area contributed by atoms with Crippen LogP contribution >= 0.6 is 11.8 Å². The third-order valence-corrected chi connectivity index (χ3v) is 7.84. The first kappa shape index (κ1) is 20.4. The zero-order valence-corrected chi connectivity index (χ0v) is 17.4. The maximum Gasteiger partial charge on any atom is 0.353 e. The summed E-state index contributed by atoms with van der Waals surface area (Å²) in [6.07, 6.45) is 3.73. The van der Waals surface area contributed by atoms with E-state index in [4.69, 9.17) is 0 Å². The lowest BCUT2D eigenvalue weighted by Gasteiger charge is -2.46. The van der Waals surface area contributed by atoms with E-state index in [-0.39, 0.29) is 40.8 Å². The number of carboxylic acid groups (broad SMARTS) is 1. The number of aliphatic hydroxyl groups excluding tert-OH is 1. The van der Waals surface area contributed by atoms with E-state index in [1.807, 2.05) is 13.0 Å². The van der Waals surface area contributed by atoms with Crippen molar-refractivity contribution in [1.29, 1.82) is 0 Å². The molecule has 0 unspecified atom stereocenters. The van der Waals surface area contributed by atoms with Crippen molar-refractivity contribution in [2.24, 2.45) is 11.8 Å². The van der Waals surface area contributed by atoms with Crippen molar-refractivity contribution in [2.75, 3.05) is 13.1 Å². The van der Waals surface area contributed by atoms with E-state index in [0.717, 1.165) is 36.3 Å². The molecular formula is C20H27N3O5S. The summed E-state index contributed by atoms with van der Waals surface area (Å²) in [5, 5.41) is 26.1. The summed E-state index contributed by atoms with van der Waals surface area (Å²) in [4.78, 5) is 38.4. The second-order valence-corrected chi connectivity index (χ2v) is 9.66. The topological polar surface area (TPSA) is 119 Å². The van der Waals surface area contributed by atoms with Crippen LogP contribution in [0.15, 0.2) is 22.3 Å². The molecule has 2 amide bonds. The molecule has 9 heteroatoms. The molecule has 6 atom stereocenters. The van der Waals surface area contributed by atoms with Gasteiger partial charge in [0.1, 0.15) is 5.70 Å². The lowest BCUT2D eigenvalue weighted by atomic mass is 9.79. The first-order valence-electron chi connectivity index (χ1n) is 10.2. The molecule has 3 saturated heterocycles. The minimum Gasteiger partial charge on any atom is -0.477 e. The van der Waals surface area contributed by atoms with E-state index in [1.54, 1.807) is 6.92 Å². The number of nitrogens with zero attached hydrogens (tertiary/aromatic N) is 1. The number of carbonyl (C=O) groups excluding carboxylic acids is 2. The van der Waals surface area contributed by atoms with Crippen LogP contribution in [0.3, 0.4) is 0 Å². The highest BCUT2D eigenvalue weighted by Gasteiger charge is 2.60. The lowest BCUT2D eigenvalue weighted by Crippen LogP contribution is -2.63. The smallest absolute Gasteiger partial charge is 0.353 e. The molecule has 0 spiro atoms. The van der Waals surface area contributed by atoms with E-state index in [2.05, 4.69) is 10.6 Å². The van der Waals surface area contributed by atoms with E-state index in [1.165, 1.54) is 16.7 Å². The average Bonchev–Trinajstić information content (AvgIpc) is 3.19. The molecule has 8 nitrogen and oxygen atoms in total. The van der Waals surface area contributed by atoms with Crippen molar-refractivity contribution >= 4 is 29.5 Å². The number of rotatable bonds is 5. The van der Waals surface area contributed by atoms with Gasteiger partial charge in [-0.15, -0.1) is 11.8 Å². The van der Waals surface area contributed by atoms with Gasteiger partial charge in [-0.25, -0.2) is 4.79 Å². The molecule has 4 aliphatic heterocycles. The van der Waals surface area contributed by atoms with Gasteiger partial charge in [0.15, 0.2) is 0 Å². The predicted molar refractivity (Wildman–Crippen MR) is 108 cm³/mol. The number of piperidine rings is 1. The second kappa shape index (κ2) is 7.77. The predicted octanol–water partition coefficient (Wildman–Crippen LogP) is 0.440. The number of nitrogens with one attached hydrogen (secondary N) is 2. The van der Waals surface area contributed by atoms with Crippen LogP contribution in [0, 0.1) is 11.8 Å². The van der Waals surface area contributed by atoms with E-state index < -0.39 is 18.0 Å². The molecule has 4 heterocycles. The number of β-lactam (4-membered cyclic amide) rings is 1. The molecule has 0 saturated carbocycles. The number of hydrogen-bond acceptors (Lipinski definition) is 6. The van der Waals surface area contributed by atoms with Crippen molar-refractivity contribution in [1.82, 2.24) is 15.5 Å². The molecule has 0 aromatic heterocycles. The van der Waals surface area contributed by atoms with Crippen LogP contribution < -0.4 is 10.6 Å². The maximum atomic E-state index is 12.4. The maximum absolute atomic E-state index is 12.4. The summed E-state index contributed by atoms with van der Waals surface area (Å²) < 4.78 is 0. The molecule has 4 aliphatic rings. The van der Waals surface area contributed by atoms with Gasteiger partial charge in [-0.2, -0.15) is 0 Å². The summed E-state index contributed by atoms with van der Waals surface area (Å²) in [5.41, 5.74) is 0.886. The Kier molecular flexibility index (Phi) is 5.48. The first-order chi connectivity index (χ1) is 13.8. The summed E-state index contributed by atoms with van der Waals surface area (Å²) in [5.74, 6) is -2.06. The van der Waals surface area contributed by atoms with Crippen molar-refractivity contribution in [2.45, 2.75) is 56.5 Å². The normalized spacial score (nSPS) is 36.9. The van der Waals surface area contributed by atoms with Gasteiger partial charge in [-0.1, -0.05) is 13.0 Å². The minimum atomic E-state index is -1.09. The van der Waals surface area contributed by atoms with Crippen molar-refractivity contribution in [3.8, 4) is 0 Å². The Labute approximate surface area is 173 Å². The van der Waals surface area contributed by atoms with E-state index in [0.29, 0.717) is 6.54 Å². The SMILES string of the molecule is C[C@@H](O)[C@H]1C(=O)N2C(C(=O)O)=C(S[C@@H]3CN[C@H](C=C4CCCNC4=O)C3)[C@H](C)[C@H]12. The molecule has 0 bridgehead atoms. The Hall–Kier alpha value is -1.84. The van der Waals surface area contributed by atoms with Crippen LogP contribution in [0.4, 0.5) is 0 Å². The number of carboxylic acids is 1. The van der Waals surface area contributed by atoms with Gasteiger partial charge in [0, 0.05) is 40.8 Å². The number of aliphatic hydroxyl groups is 1. The fourth-order valence-corrected chi connectivity index (χ4v) is 6.41. The Bertz CT molecular complexity index is 808. The van der Waals surface area contributed by atoms with Gasteiger partial charge >= 0.3 is 5.97 Å². The summed E-state index contributed by atoms with van der Waals surface area (Å²) in [6.45, 7) is 4.95. The fourth-order valence-electron chi connectivity index (χ4n) is 4.92. The zero-order chi connectivity index (χ0) is 20.9. The molecule has 4 N–H and O–H groups in total. The summed E-state index contributed by atoms with van der Waals surface area (Å²) in [6, 6.07) is -0.199. The molecule has 29 heavy (non-hydrogen) atoms. The molecule has 4 rings (SSSR count). The number of hydrogen-bond donors (Lipinski definition) is 4. The Morgan fingerprint density at radius 2 is 2.14 bits per heavy atom. The lowest BCUT2D eigenvalue weighted by molar-refractivity contribution is -0.163. The molecule has 3 fully saturated rings. The second-order valence-electron chi connectivity index (χ2n) is 8.31. The van der Waals surface area contributed by atoms with Gasteiger partial charge in [0.05, 0.1) is 18.1 Å². The largest absolute Gasteiger partial charge is 0.477 e. The number of fused-ring (bicyclic) bond motifs is 1. The van der Waals surface area contributed by atoms with Crippen molar-refractivity contribution in [3.63, 3.8) is 0 Å². The molecule has 158 valence electrons. The number of thioether (sulfide) groups is 1. The average molecular weight is 422 g/mol. The minimum absolute atomic E-state index is 0.00138. The number of carbonyl (C=O) groups is 3. The Morgan fingerprint density at radius 1 is 1.38 bits per heavy atom. The third kappa shape index (κ3) is 3.49.